The Kier molecular flexibility index (Phi) is 4.17. The molecule has 21 heavy (non-hydrogen) atoms. The Bertz CT molecular complexity index is 735. The van der Waals surface area contributed by atoms with Gasteiger partial charge < -0.3 is 5.32 Å². The first kappa shape index (κ1) is 14.0. The number of benzene rings is 1. The normalized spacial score (nSPS) is 10.5. The van der Waals surface area contributed by atoms with Gasteiger partial charge in [-0.2, -0.15) is 5.10 Å². The van der Waals surface area contributed by atoms with Crippen LogP contribution in [0.4, 0.5) is 0 Å². The fourth-order valence-electron chi connectivity index (χ4n) is 1.87. The number of carbonyl (C=O) groups excluding carboxylic acids is 1. The molecule has 0 unspecified atom stereocenters. The maximum atomic E-state index is 12.1. The fraction of sp³-hybridized carbons (Fsp3) is 0.0667. The zero-order chi connectivity index (χ0) is 14.7. The Labute approximate surface area is 134 Å². The molecule has 2 N–H and O–H groups in total. The summed E-state index contributed by atoms with van der Waals surface area (Å²) >= 11 is 4.99. The molecule has 0 atom stereocenters. The lowest BCUT2D eigenvalue weighted by molar-refractivity contribution is 0.0946. The van der Waals surface area contributed by atoms with E-state index in [1.807, 2.05) is 41.8 Å². The molecule has 1 aromatic carbocycles. The number of amides is 1. The van der Waals surface area contributed by atoms with Crippen molar-refractivity contribution in [2.45, 2.75) is 6.54 Å². The van der Waals surface area contributed by atoms with Gasteiger partial charge in [0.25, 0.3) is 5.91 Å². The monoisotopic (exact) mass is 361 g/mol. The predicted molar refractivity (Wildman–Crippen MR) is 87.2 cm³/mol. The average Bonchev–Trinajstić information content (AvgIpc) is 3.17. The number of aromatic nitrogens is 2. The van der Waals surface area contributed by atoms with Gasteiger partial charge in [0.1, 0.15) is 0 Å². The van der Waals surface area contributed by atoms with Gasteiger partial charge in [0.15, 0.2) is 5.69 Å². The topological polar surface area (TPSA) is 57.8 Å². The first-order chi connectivity index (χ1) is 10.2. The number of nitrogens with one attached hydrogen (secondary N) is 2. The van der Waals surface area contributed by atoms with E-state index in [4.69, 9.17) is 0 Å². The number of H-pyrrole nitrogens is 1. The summed E-state index contributed by atoms with van der Waals surface area (Å²) in [7, 11) is 0. The summed E-state index contributed by atoms with van der Waals surface area (Å²) in [6.07, 6.45) is 0. The highest BCUT2D eigenvalue weighted by Crippen LogP contribution is 2.22. The van der Waals surface area contributed by atoms with Gasteiger partial charge in [0, 0.05) is 11.0 Å². The molecule has 0 aliphatic carbocycles. The van der Waals surface area contributed by atoms with Crippen LogP contribution >= 0.6 is 27.3 Å². The van der Waals surface area contributed by atoms with Gasteiger partial charge in [-0.15, -0.1) is 11.3 Å². The largest absolute Gasteiger partial charge is 0.347 e. The molecule has 0 fully saturated rings. The van der Waals surface area contributed by atoms with Gasteiger partial charge in [-0.3, -0.25) is 9.89 Å². The quantitative estimate of drug-likeness (QED) is 0.741. The highest BCUT2D eigenvalue weighted by Gasteiger charge is 2.11. The number of hydrogen-bond donors (Lipinski definition) is 2. The summed E-state index contributed by atoms with van der Waals surface area (Å²) in [5, 5.41) is 11.8. The number of rotatable bonds is 4. The van der Waals surface area contributed by atoms with Crippen molar-refractivity contribution in [2.75, 3.05) is 0 Å². The molecule has 0 aliphatic rings. The number of hydrogen-bond acceptors (Lipinski definition) is 3. The number of nitrogens with zero attached hydrogens (tertiary/aromatic N) is 1. The summed E-state index contributed by atoms with van der Waals surface area (Å²) in [6, 6.07) is 13.5. The molecule has 0 saturated heterocycles. The third-order valence-electron chi connectivity index (χ3n) is 2.96. The minimum Gasteiger partial charge on any atom is -0.347 e. The van der Waals surface area contributed by atoms with E-state index < -0.39 is 0 Å². The van der Waals surface area contributed by atoms with Crippen LogP contribution in [0.5, 0.6) is 0 Å². The van der Waals surface area contributed by atoms with Crippen LogP contribution in [-0.2, 0) is 6.54 Å². The first-order valence-corrected chi connectivity index (χ1v) is 8.01. The molecule has 0 radical (unpaired) electrons. The minimum absolute atomic E-state index is 0.183. The van der Waals surface area contributed by atoms with Gasteiger partial charge >= 0.3 is 0 Å². The molecule has 0 spiro atoms. The summed E-state index contributed by atoms with van der Waals surface area (Å²) in [4.78, 5) is 13.1. The Morgan fingerprint density at radius 3 is 2.81 bits per heavy atom. The summed E-state index contributed by atoms with van der Waals surface area (Å²) in [6.45, 7) is 0.479. The Balaban J connectivity index is 1.64. The van der Waals surface area contributed by atoms with Crippen molar-refractivity contribution in [3.05, 3.63) is 63.6 Å². The molecule has 0 bridgehead atoms. The van der Waals surface area contributed by atoms with E-state index in [1.165, 1.54) is 0 Å². The van der Waals surface area contributed by atoms with Crippen molar-refractivity contribution < 1.29 is 4.79 Å². The molecular weight excluding hydrogens is 350 g/mol. The minimum atomic E-state index is -0.183. The SMILES string of the molecule is O=C(NCc1ccc(Br)cc1)c1cc(-c2cccs2)[nH]n1. The van der Waals surface area contributed by atoms with Crippen molar-refractivity contribution in [2.24, 2.45) is 0 Å². The summed E-state index contributed by atoms with van der Waals surface area (Å²) in [5.74, 6) is -0.183. The van der Waals surface area contributed by atoms with Crippen LogP contribution in [0.1, 0.15) is 16.1 Å². The highest BCUT2D eigenvalue weighted by atomic mass is 79.9. The van der Waals surface area contributed by atoms with E-state index in [0.717, 1.165) is 20.6 Å². The molecule has 2 heterocycles. The second-order valence-corrected chi connectivity index (χ2v) is 6.32. The van der Waals surface area contributed by atoms with Gasteiger partial charge in [-0.1, -0.05) is 34.1 Å². The molecule has 1 amide bonds. The zero-order valence-electron chi connectivity index (χ0n) is 11.0. The van der Waals surface area contributed by atoms with Gasteiger partial charge in [0.2, 0.25) is 0 Å². The van der Waals surface area contributed by atoms with Crippen molar-refractivity contribution >= 4 is 33.2 Å². The van der Waals surface area contributed by atoms with Gasteiger partial charge in [-0.05, 0) is 35.2 Å². The van der Waals surface area contributed by atoms with Gasteiger partial charge in [0.05, 0.1) is 10.6 Å². The average molecular weight is 362 g/mol. The van der Waals surface area contributed by atoms with Crippen LogP contribution in [0.15, 0.2) is 52.3 Å². The first-order valence-electron chi connectivity index (χ1n) is 6.34. The molecule has 4 nitrogen and oxygen atoms in total. The maximum absolute atomic E-state index is 12.1. The van der Waals surface area contributed by atoms with E-state index in [9.17, 15) is 4.79 Å². The lowest BCUT2D eigenvalue weighted by Gasteiger charge is -2.03. The Morgan fingerprint density at radius 1 is 1.29 bits per heavy atom. The van der Waals surface area contributed by atoms with Crippen LogP contribution < -0.4 is 5.32 Å². The standard InChI is InChI=1S/C15H12BrN3OS/c16-11-5-3-10(4-6-11)9-17-15(20)13-8-12(18-19-13)14-2-1-7-21-14/h1-8H,9H2,(H,17,20)(H,18,19). The third kappa shape index (κ3) is 3.40. The lowest BCUT2D eigenvalue weighted by Crippen LogP contribution is -2.23. The number of thiophene rings is 1. The van der Waals surface area contributed by atoms with E-state index in [2.05, 4.69) is 31.4 Å². The van der Waals surface area contributed by atoms with Crippen molar-refractivity contribution in [1.82, 2.24) is 15.5 Å². The van der Waals surface area contributed by atoms with Crippen LogP contribution in [-0.4, -0.2) is 16.1 Å². The van der Waals surface area contributed by atoms with E-state index >= 15 is 0 Å². The third-order valence-corrected chi connectivity index (χ3v) is 4.40. The second-order valence-electron chi connectivity index (χ2n) is 4.45. The lowest BCUT2D eigenvalue weighted by atomic mass is 10.2. The summed E-state index contributed by atoms with van der Waals surface area (Å²) < 4.78 is 1.02. The molecular formula is C15H12BrN3OS. The zero-order valence-corrected chi connectivity index (χ0v) is 13.4. The molecule has 2 aromatic heterocycles. The van der Waals surface area contributed by atoms with Crippen LogP contribution in [0.2, 0.25) is 0 Å². The van der Waals surface area contributed by atoms with E-state index in [0.29, 0.717) is 12.2 Å². The smallest absolute Gasteiger partial charge is 0.272 e. The maximum Gasteiger partial charge on any atom is 0.272 e. The summed E-state index contributed by atoms with van der Waals surface area (Å²) in [5.41, 5.74) is 2.30. The number of carbonyl (C=O) groups is 1. The predicted octanol–water partition coefficient (Wildman–Crippen LogP) is 3.83. The highest BCUT2D eigenvalue weighted by molar-refractivity contribution is 9.10. The fourth-order valence-corrected chi connectivity index (χ4v) is 2.83. The Hall–Kier alpha value is -1.92. The van der Waals surface area contributed by atoms with Crippen molar-refractivity contribution in [3.63, 3.8) is 0 Å². The van der Waals surface area contributed by atoms with Crippen LogP contribution in [0.3, 0.4) is 0 Å². The molecule has 3 aromatic rings. The van der Waals surface area contributed by atoms with Gasteiger partial charge in [-0.25, -0.2) is 0 Å². The van der Waals surface area contributed by atoms with Crippen LogP contribution in [0.25, 0.3) is 10.6 Å². The molecule has 0 aliphatic heterocycles. The number of halogens is 1. The second kappa shape index (κ2) is 6.24. The molecule has 0 saturated carbocycles. The molecule has 106 valence electrons. The van der Waals surface area contributed by atoms with Crippen molar-refractivity contribution in [1.29, 1.82) is 0 Å². The van der Waals surface area contributed by atoms with Crippen LogP contribution in [0, 0.1) is 0 Å². The van der Waals surface area contributed by atoms with Crippen molar-refractivity contribution in [3.8, 4) is 10.6 Å². The van der Waals surface area contributed by atoms with E-state index in [-0.39, 0.29) is 5.91 Å². The molecule has 3 rings (SSSR count). The van der Waals surface area contributed by atoms with E-state index in [1.54, 1.807) is 17.4 Å². The Morgan fingerprint density at radius 2 is 2.10 bits per heavy atom. The molecule has 6 heteroatoms. The number of aromatic amines is 1.